The Bertz CT molecular complexity index is 1310. The first kappa shape index (κ1) is 17.3. The number of benzene rings is 2. The van der Waals surface area contributed by atoms with E-state index in [1.807, 2.05) is 84.2 Å². The van der Waals surface area contributed by atoms with E-state index in [0.29, 0.717) is 0 Å². The van der Waals surface area contributed by atoms with Crippen molar-refractivity contribution in [2.45, 2.75) is 0 Å². The van der Waals surface area contributed by atoms with Crippen LogP contribution in [0, 0.1) is 0 Å². The number of aromatic nitrogens is 2. The third-order valence-electron chi connectivity index (χ3n) is 4.34. The van der Waals surface area contributed by atoms with Gasteiger partial charge in [-0.25, -0.2) is 9.67 Å². The first-order valence-corrected chi connectivity index (χ1v) is 9.99. The molecule has 0 bridgehead atoms. The third kappa shape index (κ3) is 3.66. The molecule has 0 saturated carbocycles. The van der Waals surface area contributed by atoms with Crippen LogP contribution in [-0.4, -0.2) is 15.9 Å². The number of pyridine rings is 1. The Morgan fingerprint density at radius 3 is 2.59 bits per heavy atom. The molecule has 5 aromatic rings. The summed E-state index contributed by atoms with van der Waals surface area (Å²) >= 11 is 1.51. The summed E-state index contributed by atoms with van der Waals surface area (Å²) in [5.74, 6) is 0.745. The van der Waals surface area contributed by atoms with Crippen LogP contribution < -0.4 is 4.80 Å². The fraction of sp³-hybridized carbons (Fsp3) is 0. The molecule has 0 N–H and O–H groups in total. The summed E-state index contributed by atoms with van der Waals surface area (Å²) in [5.41, 5.74) is 3.32. The van der Waals surface area contributed by atoms with E-state index >= 15 is 0 Å². The molecule has 0 saturated heterocycles. The molecule has 5 rings (SSSR count). The van der Waals surface area contributed by atoms with Crippen molar-refractivity contribution in [1.82, 2.24) is 9.66 Å². The Hall–Kier alpha value is -3.77. The van der Waals surface area contributed by atoms with Gasteiger partial charge in [0.2, 0.25) is 4.80 Å². The summed E-state index contributed by atoms with van der Waals surface area (Å²) in [7, 11) is 0. The third-order valence-corrected chi connectivity index (χ3v) is 5.15. The van der Waals surface area contributed by atoms with Gasteiger partial charge in [-0.3, -0.25) is 4.98 Å². The van der Waals surface area contributed by atoms with E-state index in [-0.39, 0.29) is 0 Å². The largest absolute Gasteiger partial charge is 0.454 e. The van der Waals surface area contributed by atoms with Gasteiger partial charge in [0.25, 0.3) is 0 Å². The molecular weight excluding hydrogens is 380 g/mol. The lowest BCUT2D eigenvalue weighted by Crippen LogP contribution is -2.11. The van der Waals surface area contributed by atoms with Crippen molar-refractivity contribution in [3.05, 3.63) is 101 Å². The predicted octanol–water partition coefficient (Wildman–Crippen LogP) is 5.47. The SMILES string of the molecule is C(=Nn1c(-c2cc3ccccc3o2)csc1=Nc1ccccc1)c1ccccn1. The number of hydrogen-bond donors (Lipinski definition) is 0. The van der Waals surface area contributed by atoms with Crippen LogP contribution in [-0.2, 0) is 0 Å². The molecule has 0 radical (unpaired) electrons. The van der Waals surface area contributed by atoms with Crippen molar-refractivity contribution in [2.75, 3.05) is 0 Å². The second-order valence-corrected chi connectivity index (χ2v) is 7.15. The van der Waals surface area contributed by atoms with Crippen LogP contribution in [0.5, 0.6) is 0 Å². The van der Waals surface area contributed by atoms with Crippen LogP contribution >= 0.6 is 11.3 Å². The summed E-state index contributed by atoms with van der Waals surface area (Å²) in [6.45, 7) is 0. The Kier molecular flexibility index (Phi) is 4.60. The average molecular weight is 396 g/mol. The lowest BCUT2D eigenvalue weighted by Gasteiger charge is -2.00. The second-order valence-electron chi connectivity index (χ2n) is 6.31. The Balaban J connectivity index is 1.66. The zero-order chi connectivity index (χ0) is 19.5. The molecule has 6 heteroatoms. The maximum absolute atomic E-state index is 6.06. The highest BCUT2D eigenvalue weighted by atomic mass is 32.1. The molecule has 140 valence electrons. The normalized spacial score (nSPS) is 12.2. The molecule has 3 heterocycles. The number of fused-ring (bicyclic) bond motifs is 1. The van der Waals surface area contributed by atoms with Crippen molar-refractivity contribution in [3.63, 3.8) is 0 Å². The molecule has 0 aliphatic rings. The van der Waals surface area contributed by atoms with Gasteiger partial charge in [-0.15, -0.1) is 11.3 Å². The van der Waals surface area contributed by atoms with Crippen LogP contribution in [0.2, 0.25) is 0 Å². The number of thiazole rings is 1. The van der Waals surface area contributed by atoms with E-state index in [0.717, 1.165) is 38.6 Å². The van der Waals surface area contributed by atoms with Gasteiger partial charge in [0.1, 0.15) is 11.3 Å². The van der Waals surface area contributed by atoms with Crippen molar-refractivity contribution in [1.29, 1.82) is 0 Å². The molecular formula is C23H16N4OS. The Morgan fingerprint density at radius 2 is 1.76 bits per heavy atom. The van der Waals surface area contributed by atoms with Crippen LogP contribution in [0.25, 0.3) is 22.4 Å². The molecule has 29 heavy (non-hydrogen) atoms. The van der Waals surface area contributed by atoms with Gasteiger partial charge in [-0.1, -0.05) is 42.5 Å². The van der Waals surface area contributed by atoms with Gasteiger partial charge in [-0.2, -0.15) is 5.10 Å². The first-order chi connectivity index (χ1) is 14.4. The molecule has 0 aliphatic heterocycles. The van der Waals surface area contributed by atoms with E-state index in [2.05, 4.69) is 10.1 Å². The van der Waals surface area contributed by atoms with E-state index in [1.165, 1.54) is 11.3 Å². The van der Waals surface area contributed by atoms with Crippen molar-refractivity contribution in [3.8, 4) is 11.5 Å². The minimum Gasteiger partial charge on any atom is -0.454 e. The molecule has 0 unspecified atom stereocenters. The fourth-order valence-corrected chi connectivity index (χ4v) is 3.79. The fourth-order valence-electron chi connectivity index (χ4n) is 2.95. The van der Waals surface area contributed by atoms with Crippen LogP contribution in [0.3, 0.4) is 0 Å². The van der Waals surface area contributed by atoms with Crippen LogP contribution in [0.1, 0.15) is 5.69 Å². The molecule has 0 aliphatic carbocycles. The standard InChI is InChI=1S/C23H16N4OS/c1-2-9-18(10-3-1)26-23-27(25-15-19-11-6-7-13-24-19)20(16-29-23)22-14-17-8-4-5-12-21(17)28-22/h1-16H. The lowest BCUT2D eigenvalue weighted by atomic mass is 10.2. The Morgan fingerprint density at radius 1 is 0.931 bits per heavy atom. The zero-order valence-corrected chi connectivity index (χ0v) is 16.2. The van der Waals surface area contributed by atoms with Crippen LogP contribution in [0.15, 0.2) is 105 Å². The molecule has 5 nitrogen and oxygen atoms in total. The summed E-state index contributed by atoms with van der Waals surface area (Å²) < 4.78 is 7.86. The highest BCUT2D eigenvalue weighted by Gasteiger charge is 2.12. The summed E-state index contributed by atoms with van der Waals surface area (Å²) in [6, 6.07) is 25.5. The highest BCUT2D eigenvalue weighted by Crippen LogP contribution is 2.28. The molecule has 3 aromatic heterocycles. The molecule has 2 aromatic carbocycles. The topological polar surface area (TPSA) is 55.7 Å². The zero-order valence-electron chi connectivity index (χ0n) is 15.3. The smallest absolute Gasteiger partial charge is 0.211 e. The van der Waals surface area contributed by atoms with E-state index < -0.39 is 0 Å². The van der Waals surface area contributed by atoms with Crippen LogP contribution in [0.4, 0.5) is 5.69 Å². The predicted molar refractivity (Wildman–Crippen MR) is 116 cm³/mol. The molecule has 0 spiro atoms. The number of furan rings is 1. The van der Waals surface area contributed by atoms with Crippen molar-refractivity contribution in [2.24, 2.45) is 10.1 Å². The van der Waals surface area contributed by atoms with Crippen molar-refractivity contribution >= 4 is 34.2 Å². The van der Waals surface area contributed by atoms with Gasteiger partial charge in [-0.05, 0) is 36.4 Å². The summed E-state index contributed by atoms with van der Waals surface area (Å²) in [5, 5.41) is 7.73. The second kappa shape index (κ2) is 7.69. The minimum absolute atomic E-state index is 0.745. The molecule has 0 atom stereocenters. The Labute approximate surface area is 170 Å². The van der Waals surface area contributed by atoms with Gasteiger partial charge >= 0.3 is 0 Å². The minimum atomic E-state index is 0.745. The quantitative estimate of drug-likeness (QED) is 0.378. The van der Waals surface area contributed by atoms with Gasteiger partial charge in [0.05, 0.1) is 17.6 Å². The van der Waals surface area contributed by atoms with E-state index in [4.69, 9.17) is 9.41 Å². The number of rotatable bonds is 4. The van der Waals surface area contributed by atoms with E-state index in [9.17, 15) is 0 Å². The first-order valence-electron chi connectivity index (χ1n) is 9.11. The summed E-state index contributed by atoms with van der Waals surface area (Å²) in [6.07, 6.45) is 3.47. The lowest BCUT2D eigenvalue weighted by molar-refractivity contribution is 0.622. The van der Waals surface area contributed by atoms with Gasteiger partial charge < -0.3 is 4.42 Å². The summed E-state index contributed by atoms with van der Waals surface area (Å²) in [4.78, 5) is 9.82. The maximum atomic E-state index is 6.06. The number of nitrogens with zero attached hydrogens (tertiary/aromatic N) is 4. The monoisotopic (exact) mass is 396 g/mol. The number of hydrogen-bond acceptors (Lipinski definition) is 5. The maximum Gasteiger partial charge on any atom is 0.211 e. The molecule has 0 amide bonds. The number of para-hydroxylation sites is 2. The highest BCUT2D eigenvalue weighted by molar-refractivity contribution is 7.07. The van der Waals surface area contributed by atoms with Gasteiger partial charge in [0, 0.05) is 17.0 Å². The van der Waals surface area contributed by atoms with Crippen molar-refractivity contribution < 1.29 is 4.42 Å². The molecule has 0 fully saturated rings. The van der Waals surface area contributed by atoms with E-state index in [1.54, 1.807) is 17.1 Å². The van der Waals surface area contributed by atoms with Gasteiger partial charge in [0.15, 0.2) is 5.76 Å². The average Bonchev–Trinajstić information content (AvgIpc) is 3.37.